The van der Waals surface area contributed by atoms with Crippen LogP contribution < -0.4 is 10.6 Å². The lowest BCUT2D eigenvalue weighted by Crippen LogP contribution is -2.51. The number of carbonyl (C=O) groups excluding carboxylic acids is 2. The second-order valence-electron chi connectivity index (χ2n) is 6.74. The summed E-state index contributed by atoms with van der Waals surface area (Å²) in [6.45, 7) is 2.56. The standard InChI is InChI=1S/C22H25N3O3/c1-2-13-23-21(26)19(14-16-9-5-3-6-10-16)24-22(27)20-15-18(25-28-20)17-11-7-4-8-12-17/h3-12,19-20H,2,13-15H2,1H3,(H,23,26)(H,24,27)/t19-,20+/m1/s1. The van der Waals surface area contributed by atoms with Gasteiger partial charge in [-0.3, -0.25) is 9.59 Å². The van der Waals surface area contributed by atoms with E-state index in [0.717, 1.165) is 23.3 Å². The fraction of sp³-hybridized carbons (Fsp3) is 0.318. The van der Waals surface area contributed by atoms with Crippen molar-refractivity contribution in [2.24, 2.45) is 5.16 Å². The summed E-state index contributed by atoms with van der Waals surface area (Å²) < 4.78 is 0. The molecule has 0 aromatic heterocycles. The largest absolute Gasteiger partial charge is 0.382 e. The molecule has 2 aromatic carbocycles. The van der Waals surface area contributed by atoms with E-state index in [0.29, 0.717) is 19.4 Å². The van der Waals surface area contributed by atoms with E-state index in [2.05, 4.69) is 15.8 Å². The predicted molar refractivity (Wildman–Crippen MR) is 108 cm³/mol. The summed E-state index contributed by atoms with van der Waals surface area (Å²) in [5.41, 5.74) is 2.64. The van der Waals surface area contributed by atoms with Crippen LogP contribution in [0.15, 0.2) is 65.8 Å². The zero-order chi connectivity index (χ0) is 19.8. The van der Waals surface area contributed by atoms with E-state index < -0.39 is 12.1 Å². The van der Waals surface area contributed by atoms with Crippen molar-refractivity contribution in [1.29, 1.82) is 0 Å². The molecular weight excluding hydrogens is 354 g/mol. The normalized spacial score (nSPS) is 16.6. The summed E-state index contributed by atoms with van der Waals surface area (Å²) in [6, 6.07) is 18.6. The van der Waals surface area contributed by atoms with Crippen LogP contribution in [0.25, 0.3) is 0 Å². The van der Waals surface area contributed by atoms with Gasteiger partial charge in [0.05, 0.1) is 5.71 Å². The molecule has 146 valence electrons. The number of nitrogens with one attached hydrogen (secondary N) is 2. The van der Waals surface area contributed by atoms with Crippen molar-refractivity contribution in [1.82, 2.24) is 10.6 Å². The van der Waals surface area contributed by atoms with Gasteiger partial charge in [-0.2, -0.15) is 0 Å². The monoisotopic (exact) mass is 379 g/mol. The van der Waals surface area contributed by atoms with Crippen LogP contribution in [0.4, 0.5) is 0 Å². The number of carbonyl (C=O) groups is 2. The summed E-state index contributed by atoms with van der Waals surface area (Å²) in [5, 5.41) is 9.75. The number of nitrogens with zero attached hydrogens (tertiary/aromatic N) is 1. The number of amides is 2. The summed E-state index contributed by atoms with van der Waals surface area (Å²) in [7, 11) is 0. The van der Waals surface area contributed by atoms with Gasteiger partial charge in [-0.05, 0) is 17.5 Å². The van der Waals surface area contributed by atoms with Crippen LogP contribution in [0.3, 0.4) is 0 Å². The molecule has 0 aliphatic carbocycles. The Morgan fingerprint density at radius 2 is 1.79 bits per heavy atom. The second-order valence-corrected chi connectivity index (χ2v) is 6.74. The molecule has 6 nitrogen and oxygen atoms in total. The lowest BCUT2D eigenvalue weighted by atomic mass is 10.0. The molecule has 1 heterocycles. The molecule has 0 radical (unpaired) electrons. The van der Waals surface area contributed by atoms with Crippen LogP contribution in [0.5, 0.6) is 0 Å². The minimum absolute atomic E-state index is 0.193. The maximum Gasteiger partial charge on any atom is 0.265 e. The lowest BCUT2D eigenvalue weighted by Gasteiger charge is -2.20. The number of hydrogen-bond acceptors (Lipinski definition) is 4. The van der Waals surface area contributed by atoms with E-state index in [-0.39, 0.29) is 11.8 Å². The molecule has 2 atom stereocenters. The molecule has 28 heavy (non-hydrogen) atoms. The average molecular weight is 379 g/mol. The summed E-state index contributed by atoms with van der Waals surface area (Å²) in [4.78, 5) is 30.6. The van der Waals surface area contributed by atoms with Gasteiger partial charge in [-0.1, -0.05) is 72.7 Å². The first-order valence-electron chi connectivity index (χ1n) is 9.57. The van der Waals surface area contributed by atoms with E-state index >= 15 is 0 Å². The van der Waals surface area contributed by atoms with E-state index in [9.17, 15) is 9.59 Å². The predicted octanol–water partition coefficient (Wildman–Crippen LogP) is 2.43. The molecule has 0 saturated heterocycles. The Hall–Kier alpha value is -3.15. The SMILES string of the molecule is CCCNC(=O)[C@@H](Cc1ccccc1)NC(=O)[C@@H]1CC(c2ccccc2)=NO1. The quantitative estimate of drug-likeness (QED) is 0.739. The molecule has 1 aliphatic heterocycles. The van der Waals surface area contributed by atoms with Gasteiger partial charge in [-0.15, -0.1) is 0 Å². The highest BCUT2D eigenvalue weighted by Gasteiger charge is 2.31. The summed E-state index contributed by atoms with van der Waals surface area (Å²) in [6.07, 6.45) is 0.899. The number of benzene rings is 2. The number of hydrogen-bond donors (Lipinski definition) is 2. The van der Waals surface area contributed by atoms with Crippen molar-refractivity contribution < 1.29 is 14.4 Å². The van der Waals surface area contributed by atoms with Crippen LogP contribution in [0.2, 0.25) is 0 Å². The smallest absolute Gasteiger partial charge is 0.265 e. The summed E-state index contributed by atoms with van der Waals surface area (Å²) >= 11 is 0. The highest BCUT2D eigenvalue weighted by molar-refractivity contribution is 6.04. The second kappa shape index (κ2) is 9.69. The summed E-state index contributed by atoms with van der Waals surface area (Å²) in [5.74, 6) is -0.525. The van der Waals surface area contributed by atoms with Crippen molar-refractivity contribution in [3.8, 4) is 0 Å². The molecule has 2 aromatic rings. The topological polar surface area (TPSA) is 79.8 Å². The fourth-order valence-electron chi connectivity index (χ4n) is 3.01. The minimum atomic E-state index is -0.729. The third kappa shape index (κ3) is 5.19. The molecule has 1 aliphatic rings. The average Bonchev–Trinajstić information content (AvgIpc) is 3.23. The Balaban J connectivity index is 1.63. The van der Waals surface area contributed by atoms with Crippen molar-refractivity contribution in [3.05, 3.63) is 71.8 Å². The van der Waals surface area contributed by atoms with Crippen LogP contribution in [0, 0.1) is 0 Å². The van der Waals surface area contributed by atoms with E-state index in [1.807, 2.05) is 67.6 Å². The Morgan fingerprint density at radius 3 is 2.46 bits per heavy atom. The van der Waals surface area contributed by atoms with Crippen molar-refractivity contribution >= 4 is 17.5 Å². The molecule has 0 fully saturated rings. The molecule has 0 unspecified atom stereocenters. The van der Waals surface area contributed by atoms with Gasteiger partial charge in [0, 0.05) is 19.4 Å². The van der Waals surface area contributed by atoms with Crippen LogP contribution >= 0.6 is 0 Å². The molecule has 0 saturated carbocycles. The van der Waals surface area contributed by atoms with Gasteiger partial charge < -0.3 is 15.5 Å². The van der Waals surface area contributed by atoms with E-state index in [1.54, 1.807) is 0 Å². The zero-order valence-electron chi connectivity index (χ0n) is 15.9. The molecule has 6 heteroatoms. The Kier molecular flexibility index (Phi) is 6.78. The Bertz CT molecular complexity index is 821. The maximum absolute atomic E-state index is 12.7. The molecule has 0 bridgehead atoms. The molecule has 3 rings (SSSR count). The van der Waals surface area contributed by atoms with Gasteiger partial charge in [-0.25, -0.2) is 0 Å². The van der Waals surface area contributed by atoms with Crippen molar-refractivity contribution in [3.63, 3.8) is 0 Å². The third-order valence-corrected chi connectivity index (χ3v) is 4.53. The zero-order valence-corrected chi connectivity index (χ0v) is 15.9. The van der Waals surface area contributed by atoms with Crippen molar-refractivity contribution in [2.75, 3.05) is 6.54 Å². The minimum Gasteiger partial charge on any atom is -0.382 e. The number of oxime groups is 1. The Labute approximate surface area is 165 Å². The first-order chi connectivity index (χ1) is 13.7. The van der Waals surface area contributed by atoms with Crippen LogP contribution in [-0.4, -0.2) is 36.2 Å². The van der Waals surface area contributed by atoms with Gasteiger partial charge in [0.25, 0.3) is 5.91 Å². The van der Waals surface area contributed by atoms with Crippen LogP contribution in [0.1, 0.15) is 30.9 Å². The molecule has 0 spiro atoms. The van der Waals surface area contributed by atoms with Gasteiger partial charge in [0.2, 0.25) is 12.0 Å². The first kappa shape index (κ1) is 19.6. The molecule has 2 amide bonds. The van der Waals surface area contributed by atoms with Crippen molar-refractivity contribution in [2.45, 2.75) is 38.3 Å². The fourth-order valence-corrected chi connectivity index (χ4v) is 3.01. The van der Waals surface area contributed by atoms with E-state index in [4.69, 9.17) is 4.84 Å². The van der Waals surface area contributed by atoms with Gasteiger partial charge in [0.15, 0.2) is 0 Å². The van der Waals surface area contributed by atoms with E-state index in [1.165, 1.54) is 0 Å². The molecular formula is C22H25N3O3. The number of rotatable bonds is 8. The molecule has 2 N–H and O–H groups in total. The lowest BCUT2D eigenvalue weighted by molar-refractivity contribution is -0.135. The highest BCUT2D eigenvalue weighted by Crippen LogP contribution is 2.17. The maximum atomic E-state index is 12.7. The van der Waals surface area contributed by atoms with Crippen LogP contribution in [-0.2, 0) is 20.8 Å². The van der Waals surface area contributed by atoms with Gasteiger partial charge >= 0.3 is 0 Å². The Morgan fingerprint density at radius 1 is 1.11 bits per heavy atom. The third-order valence-electron chi connectivity index (χ3n) is 4.53. The highest BCUT2D eigenvalue weighted by atomic mass is 16.6. The van der Waals surface area contributed by atoms with Gasteiger partial charge in [0.1, 0.15) is 6.04 Å². The first-order valence-corrected chi connectivity index (χ1v) is 9.57.